The van der Waals surface area contributed by atoms with Crippen LogP contribution in [0.5, 0.6) is 0 Å². The van der Waals surface area contributed by atoms with Gasteiger partial charge in [-0.15, -0.1) is 34.2 Å². The Morgan fingerprint density at radius 2 is 2.00 bits per heavy atom. The molecular weight excluding hydrogens is 441 g/mol. The van der Waals surface area contributed by atoms with Gasteiger partial charge in [-0.25, -0.2) is 0 Å². The van der Waals surface area contributed by atoms with Crippen molar-refractivity contribution in [3.05, 3.63) is 12.2 Å². The van der Waals surface area contributed by atoms with Crippen molar-refractivity contribution >= 4 is 29.9 Å². The number of rotatable bonds is 9. The number of aromatic nitrogens is 3. The number of hydrogen-bond acceptors (Lipinski definition) is 4. The lowest BCUT2D eigenvalue weighted by atomic mass is 10.1. The van der Waals surface area contributed by atoms with E-state index >= 15 is 0 Å². The summed E-state index contributed by atoms with van der Waals surface area (Å²) in [5.74, 6) is 2.51. The first kappa shape index (κ1) is 23.1. The molecule has 26 heavy (non-hydrogen) atoms. The van der Waals surface area contributed by atoms with Crippen LogP contribution in [0.2, 0.25) is 0 Å². The Morgan fingerprint density at radius 3 is 2.69 bits per heavy atom. The van der Waals surface area contributed by atoms with Gasteiger partial charge in [0.05, 0.1) is 0 Å². The Kier molecular flexibility index (Phi) is 11.8. The second-order valence-electron chi connectivity index (χ2n) is 6.91. The number of hydrogen-bond donors (Lipinski definition) is 2. The monoisotopic (exact) mass is 477 g/mol. The summed E-state index contributed by atoms with van der Waals surface area (Å²) in [5.41, 5.74) is 0. The van der Waals surface area contributed by atoms with E-state index in [0.29, 0.717) is 5.92 Å². The second-order valence-corrected chi connectivity index (χ2v) is 6.91. The summed E-state index contributed by atoms with van der Waals surface area (Å²) in [5, 5.41) is 14.8. The van der Waals surface area contributed by atoms with E-state index in [0.717, 1.165) is 50.9 Å². The zero-order chi connectivity index (χ0) is 17.9. The average Bonchev–Trinajstić information content (AvgIpc) is 3.08. The smallest absolute Gasteiger partial charge is 0.191 e. The fourth-order valence-corrected chi connectivity index (χ4v) is 3.26. The highest BCUT2D eigenvalue weighted by atomic mass is 127. The van der Waals surface area contributed by atoms with Crippen LogP contribution in [-0.2, 0) is 13.0 Å². The highest BCUT2D eigenvalue weighted by Gasteiger charge is 2.13. The molecule has 0 radical (unpaired) electrons. The summed E-state index contributed by atoms with van der Waals surface area (Å²) in [6.07, 6.45) is 6.79. The molecule has 1 saturated heterocycles. The molecule has 7 nitrogen and oxygen atoms in total. The summed E-state index contributed by atoms with van der Waals surface area (Å²) in [7, 11) is 0. The number of halogens is 1. The maximum atomic E-state index is 4.77. The van der Waals surface area contributed by atoms with Crippen LogP contribution in [0.3, 0.4) is 0 Å². The third kappa shape index (κ3) is 8.20. The summed E-state index contributed by atoms with van der Waals surface area (Å²) in [6, 6.07) is 0. The van der Waals surface area contributed by atoms with Crippen LogP contribution < -0.4 is 10.6 Å². The second kappa shape index (κ2) is 13.3. The van der Waals surface area contributed by atoms with Gasteiger partial charge in [-0.05, 0) is 38.8 Å². The number of aryl methyl sites for hydroxylation is 1. The normalized spacial score (nSPS) is 16.8. The molecule has 2 N–H and O–H groups in total. The minimum Gasteiger partial charge on any atom is -0.357 e. The Bertz CT molecular complexity index is 511. The Labute approximate surface area is 175 Å². The summed E-state index contributed by atoms with van der Waals surface area (Å²) in [4.78, 5) is 7.35. The van der Waals surface area contributed by atoms with Crippen molar-refractivity contribution < 1.29 is 0 Å². The van der Waals surface area contributed by atoms with Crippen molar-refractivity contribution in [1.82, 2.24) is 30.3 Å². The molecule has 1 aromatic rings. The highest BCUT2D eigenvalue weighted by Crippen LogP contribution is 2.11. The molecule has 0 aliphatic carbocycles. The van der Waals surface area contributed by atoms with E-state index in [1.807, 2.05) is 0 Å². The number of nitrogens with one attached hydrogen (secondary N) is 2. The van der Waals surface area contributed by atoms with E-state index in [4.69, 9.17) is 4.99 Å². The minimum absolute atomic E-state index is 0. The molecule has 2 rings (SSSR count). The first-order chi connectivity index (χ1) is 12.2. The maximum absolute atomic E-state index is 4.77. The summed E-state index contributed by atoms with van der Waals surface area (Å²) in [6.45, 7) is 13.6. The van der Waals surface area contributed by atoms with Gasteiger partial charge in [0.1, 0.15) is 12.2 Å². The molecule has 0 spiro atoms. The summed E-state index contributed by atoms with van der Waals surface area (Å²) >= 11 is 0. The van der Waals surface area contributed by atoms with E-state index in [1.165, 1.54) is 32.4 Å². The molecule has 2 heterocycles. The third-order valence-electron chi connectivity index (χ3n) is 4.58. The fourth-order valence-electron chi connectivity index (χ4n) is 3.26. The van der Waals surface area contributed by atoms with Crippen molar-refractivity contribution in [3.8, 4) is 0 Å². The zero-order valence-electron chi connectivity index (χ0n) is 16.6. The Balaban J connectivity index is 0.00000338. The molecule has 1 atom stereocenters. The van der Waals surface area contributed by atoms with Crippen LogP contribution >= 0.6 is 24.0 Å². The predicted molar refractivity (Wildman–Crippen MR) is 118 cm³/mol. The number of piperidine rings is 1. The first-order valence-electron chi connectivity index (χ1n) is 9.84. The molecule has 1 aromatic heterocycles. The molecular formula is C18H36IN7. The topological polar surface area (TPSA) is 70.4 Å². The molecule has 1 fully saturated rings. The Hall–Kier alpha value is -0.900. The highest BCUT2D eigenvalue weighted by molar-refractivity contribution is 14.0. The van der Waals surface area contributed by atoms with Gasteiger partial charge in [-0.2, -0.15) is 0 Å². The van der Waals surface area contributed by atoms with Crippen LogP contribution in [0, 0.1) is 5.92 Å². The van der Waals surface area contributed by atoms with Gasteiger partial charge in [0, 0.05) is 39.1 Å². The first-order valence-corrected chi connectivity index (χ1v) is 9.84. The molecule has 0 aromatic carbocycles. The van der Waals surface area contributed by atoms with Crippen LogP contribution in [0.4, 0.5) is 0 Å². The average molecular weight is 477 g/mol. The predicted octanol–water partition coefficient (Wildman–Crippen LogP) is 2.14. The lowest BCUT2D eigenvalue weighted by Gasteiger charge is -2.28. The maximum Gasteiger partial charge on any atom is 0.191 e. The minimum atomic E-state index is 0. The van der Waals surface area contributed by atoms with Gasteiger partial charge in [-0.3, -0.25) is 4.99 Å². The molecule has 0 saturated carbocycles. The van der Waals surface area contributed by atoms with E-state index < -0.39 is 0 Å². The van der Waals surface area contributed by atoms with Gasteiger partial charge in [0.15, 0.2) is 5.96 Å². The number of likely N-dealkylation sites (tertiary alicyclic amines) is 1. The molecule has 0 bridgehead atoms. The number of aliphatic imine (C=N–C) groups is 1. The number of guanidine groups is 1. The van der Waals surface area contributed by atoms with Gasteiger partial charge in [0.25, 0.3) is 0 Å². The molecule has 0 amide bonds. The van der Waals surface area contributed by atoms with Crippen LogP contribution in [0.15, 0.2) is 11.3 Å². The molecule has 1 unspecified atom stereocenters. The quantitative estimate of drug-likeness (QED) is 0.324. The van der Waals surface area contributed by atoms with Crippen molar-refractivity contribution in [2.24, 2.45) is 10.9 Å². The van der Waals surface area contributed by atoms with Gasteiger partial charge in [-0.1, -0.05) is 20.3 Å². The molecule has 1 aliphatic heterocycles. The lowest BCUT2D eigenvalue weighted by Crippen LogP contribution is -2.40. The standard InChI is InChI=1S/C18H35N7.HI/c1-4-17-23-22-15-25(17)12-9-20-18(19-5-2)21-13-16(3)14-24-10-7-6-8-11-24;/h15-16H,4-14H2,1-3H3,(H2,19,20,21);1H. The fraction of sp³-hybridized carbons (Fsp3) is 0.833. The van der Waals surface area contributed by atoms with Gasteiger partial charge >= 0.3 is 0 Å². The van der Waals surface area contributed by atoms with Crippen molar-refractivity contribution in [1.29, 1.82) is 0 Å². The molecule has 1 aliphatic rings. The molecule has 8 heteroatoms. The zero-order valence-corrected chi connectivity index (χ0v) is 18.9. The van der Waals surface area contributed by atoms with Gasteiger partial charge < -0.3 is 20.1 Å². The van der Waals surface area contributed by atoms with E-state index in [1.54, 1.807) is 6.33 Å². The largest absolute Gasteiger partial charge is 0.357 e. The van der Waals surface area contributed by atoms with Crippen LogP contribution in [0.25, 0.3) is 0 Å². The molecule has 150 valence electrons. The van der Waals surface area contributed by atoms with Crippen molar-refractivity contribution in [2.45, 2.75) is 53.0 Å². The Morgan fingerprint density at radius 1 is 1.23 bits per heavy atom. The summed E-state index contributed by atoms with van der Waals surface area (Å²) < 4.78 is 2.09. The van der Waals surface area contributed by atoms with Crippen molar-refractivity contribution in [3.63, 3.8) is 0 Å². The van der Waals surface area contributed by atoms with E-state index in [2.05, 4.69) is 51.1 Å². The van der Waals surface area contributed by atoms with Crippen LogP contribution in [-0.4, -0.2) is 64.9 Å². The number of nitrogens with zero attached hydrogens (tertiary/aromatic N) is 5. The SMILES string of the molecule is CCNC(=NCC(C)CN1CCCCC1)NCCn1cnnc1CC.I. The third-order valence-corrected chi connectivity index (χ3v) is 4.58. The van der Waals surface area contributed by atoms with Gasteiger partial charge in [0.2, 0.25) is 0 Å². The van der Waals surface area contributed by atoms with E-state index in [9.17, 15) is 0 Å². The van der Waals surface area contributed by atoms with E-state index in [-0.39, 0.29) is 24.0 Å². The lowest BCUT2D eigenvalue weighted by molar-refractivity contribution is 0.203. The van der Waals surface area contributed by atoms with Crippen LogP contribution in [0.1, 0.15) is 45.9 Å². The van der Waals surface area contributed by atoms with Crippen molar-refractivity contribution in [2.75, 3.05) is 39.3 Å².